The summed E-state index contributed by atoms with van der Waals surface area (Å²) in [7, 11) is 0. The molecule has 24 heavy (non-hydrogen) atoms. The number of hydrogen-bond donors (Lipinski definition) is 1. The lowest BCUT2D eigenvalue weighted by Gasteiger charge is -2.36. The second kappa shape index (κ2) is 7.32. The minimum atomic E-state index is -0.554. The lowest BCUT2D eigenvalue weighted by molar-refractivity contribution is -0.136. The van der Waals surface area contributed by atoms with Gasteiger partial charge in [0.1, 0.15) is 5.54 Å². The van der Waals surface area contributed by atoms with Crippen molar-refractivity contribution in [2.45, 2.75) is 70.3 Å². The van der Waals surface area contributed by atoms with Crippen LogP contribution in [0.1, 0.15) is 69.5 Å². The van der Waals surface area contributed by atoms with E-state index < -0.39 is 5.54 Å². The van der Waals surface area contributed by atoms with Crippen molar-refractivity contribution in [2.24, 2.45) is 0 Å². The van der Waals surface area contributed by atoms with Crippen LogP contribution in [0.25, 0.3) is 0 Å². The first-order valence-corrected chi connectivity index (χ1v) is 8.99. The Morgan fingerprint density at radius 3 is 2.67 bits per heavy atom. The largest absolute Gasteiger partial charge is 0.342 e. The first-order valence-electron chi connectivity index (χ1n) is 8.99. The van der Waals surface area contributed by atoms with E-state index >= 15 is 0 Å². The summed E-state index contributed by atoms with van der Waals surface area (Å²) in [5.41, 5.74) is -0.554. The molecular formula is C17H26N4O3. The van der Waals surface area contributed by atoms with Gasteiger partial charge in [-0.2, -0.15) is 4.98 Å². The molecule has 2 amide bonds. The van der Waals surface area contributed by atoms with Crippen molar-refractivity contribution in [2.75, 3.05) is 13.1 Å². The molecule has 132 valence electrons. The van der Waals surface area contributed by atoms with E-state index in [1.165, 1.54) is 0 Å². The van der Waals surface area contributed by atoms with E-state index in [4.69, 9.17) is 4.52 Å². The van der Waals surface area contributed by atoms with Crippen molar-refractivity contribution in [3.8, 4) is 0 Å². The van der Waals surface area contributed by atoms with Crippen LogP contribution in [0, 0.1) is 6.92 Å². The number of nitrogens with zero attached hydrogens (tertiary/aromatic N) is 3. The van der Waals surface area contributed by atoms with Crippen LogP contribution in [0.3, 0.4) is 0 Å². The molecule has 1 aliphatic heterocycles. The molecule has 0 atom stereocenters. The molecule has 3 rings (SSSR count). The minimum absolute atomic E-state index is 0.0794. The van der Waals surface area contributed by atoms with Crippen LogP contribution in [0.5, 0.6) is 0 Å². The molecular weight excluding hydrogens is 308 g/mol. The number of hydrogen-bond acceptors (Lipinski definition) is 5. The Morgan fingerprint density at radius 2 is 1.96 bits per heavy atom. The maximum atomic E-state index is 12.6. The Morgan fingerprint density at radius 1 is 1.21 bits per heavy atom. The van der Waals surface area contributed by atoms with Crippen molar-refractivity contribution in [3.05, 3.63) is 11.7 Å². The predicted molar refractivity (Wildman–Crippen MR) is 87.0 cm³/mol. The summed E-state index contributed by atoms with van der Waals surface area (Å²) in [6.45, 7) is 2.54. The summed E-state index contributed by atoms with van der Waals surface area (Å²) in [4.78, 5) is 30.8. The van der Waals surface area contributed by atoms with E-state index in [1.54, 1.807) is 11.8 Å². The van der Waals surface area contributed by atoms with Gasteiger partial charge in [0.25, 0.3) is 0 Å². The number of amides is 2. The monoisotopic (exact) mass is 334 g/mol. The highest BCUT2D eigenvalue weighted by Gasteiger charge is 2.40. The summed E-state index contributed by atoms with van der Waals surface area (Å²) in [6.07, 6.45) is 8.30. The van der Waals surface area contributed by atoms with E-state index in [0.29, 0.717) is 24.7 Å². The first-order chi connectivity index (χ1) is 11.6. The summed E-state index contributed by atoms with van der Waals surface area (Å²) >= 11 is 0. The average Bonchev–Trinajstić information content (AvgIpc) is 2.91. The zero-order chi connectivity index (χ0) is 17.0. The standard InChI is InChI=1S/C17H26N4O3/c1-13-18-16(20-24-13)17(9-5-3-6-10-17)19-14(22)12-21-11-7-2-4-8-15(21)23/h2-12H2,1H3,(H,19,22). The maximum absolute atomic E-state index is 12.6. The summed E-state index contributed by atoms with van der Waals surface area (Å²) in [6, 6.07) is 0. The third kappa shape index (κ3) is 3.76. The highest BCUT2D eigenvalue weighted by atomic mass is 16.5. The highest BCUT2D eigenvalue weighted by molar-refractivity contribution is 5.85. The van der Waals surface area contributed by atoms with Gasteiger partial charge in [0.05, 0.1) is 6.54 Å². The molecule has 2 aliphatic rings. The fourth-order valence-corrected chi connectivity index (χ4v) is 3.74. The molecule has 1 aromatic rings. The third-order valence-corrected chi connectivity index (χ3v) is 5.05. The van der Waals surface area contributed by atoms with Crippen LogP contribution in [0.4, 0.5) is 0 Å². The quantitative estimate of drug-likeness (QED) is 0.910. The Balaban J connectivity index is 1.70. The third-order valence-electron chi connectivity index (χ3n) is 5.05. The average molecular weight is 334 g/mol. The number of likely N-dealkylation sites (tertiary alicyclic amines) is 1. The zero-order valence-corrected chi connectivity index (χ0v) is 14.3. The van der Waals surface area contributed by atoms with Crippen LogP contribution in [-0.2, 0) is 15.1 Å². The number of carbonyl (C=O) groups excluding carboxylic acids is 2. The smallest absolute Gasteiger partial charge is 0.240 e. The first kappa shape index (κ1) is 16.9. The molecule has 0 spiro atoms. The topological polar surface area (TPSA) is 88.3 Å². The van der Waals surface area contributed by atoms with Crippen molar-refractivity contribution >= 4 is 11.8 Å². The molecule has 7 nitrogen and oxygen atoms in total. The van der Waals surface area contributed by atoms with Crippen LogP contribution in [0.15, 0.2) is 4.52 Å². The van der Waals surface area contributed by atoms with E-state index in [-0.39, 0.29) is 18.4 Å². The molecule has 1 N–H and O–H groups in total. The Kier molecular flexibility index (Phi) is 5.16. The van der Waals surface area contributed by atoms with Gasteiger partial charge in [0, 0.05) is 19.9 Å². The predicted octanol–water partition coefficient (Wildman–Crippen LogP) is 2.06. The fraction of sp³-hybridized carbons (Fsp3) is 0.765. The molecule has 0 unspecified atom stereocenters. The van der Waals surface area contributed by atoms with E-state index in [9.17, 15) is 9.59 Å². The molecule has 0 aromatic carbocycles. The highest BCUT2D eigenvalue weighted by Crippen LogP contribution is 2.35. The van der Waals surface area contributed by atoms with Gasteiger partial charge in [0.15, 0.2) is 5.82 Å². The van der Waals surface area contributed by atoms with Crippen LogP contribution in [-0.4, -0.2) is 39.9 Å². The second-order valence-corrected chi connectivity index (χ2v) is 6.95. The molecule has 0 radical (unpaired) electrons. The number of aryl methyl sites for hydroxylation is 1. The molecule has 0 bridgehead atoms. The van der Waals surface area contributed by atoms with Gasteiger partial charge in [-0.25, -0.2) is 0 Å². The summed E-state index contributed by atoms with van der Waals surface area (Å²) in [5, 5.41) is 7.19. The van der Waals surface area contributed by atoms with Gasteiger partial charge in [-0.3, -0.25) is 9.59 Å². The lowest BCUT2D eigenvalue weighted by Crippen LogP contribution is -2.51. The molecule has 2 heterocycles. The molecule has 7 heteroatoms. The summed E-state index contributed by atoms with van der Waals surface area (Å²) < 4.78 is 5.13. The van der Waals surface area contributed by atoms with Gasteiger partial charge in [-0.05, 0) is 25.7 Å². The van der Waals surface area contributed by atoms with Gasteiger partial charge in [-0.15, -0.1) is 0 Å². The lowest BCUT2D eigenvalue weighted by atomic mass is 9.81. The van der Waals surface area contributed by atoms with Crippen LogP contribution < -0.4 is 5.32 Å². The zero-order valence-electron chi connectivity index (χ0n) is 14.3. The minimum Gasteiger partial charge on any atom is -0.342 e. The fourth-order valence-electron chi connectivity index (χ4n) is 3.74. The van der Waals surface area contributed by atoms with Crippen molar-refractivity contribution in [1.82, 2.24) is 20.4 Å². The number of nitrogens with one attached hydrogen (secondary N) is 1. The molecule has 1 saturated heterocycles. The second-order valence-electron chi connectivity index (χ2n) is 6.95. The number of carbonyl (C=O) groups is 2. The summed E-state index contributed by atoms with van der Waals surface area (Å²) in [5.74, 6) is 1.02. The molecule has 2 fully saturated rings. The van der Waals surface area contributed by atoms with E-state index in [2.05, 4.69) is 15.5 Å². The Hall–Kier alpha value is -1.92. The Labute approximate surface area is 142 Å². The van der Waals surface area contributed by atoms with Gasteiger partial charge in [0.2, 0.25) is 17.7 Å². The van der Waals surface area contributed by atoms with Crippen molar-refractivity contribution in [1.29, 1.82) is 0 Å². The van der Waals surface area contributed by atoms with Gasteiger partial charge in [-0.1, -0.05) is 30.8 Å². The van der Waals surface area contributed by atoms with E-state index in [0.717, 1.165) is 51.4 Å². The Bertz CT molecular complexity index is 592. The van der Waals surface area contributed by atoms with Crippen LogP contribution in [0.2, 0.25) is 0 Å². The van der Waals surface area contributed by atoms with Crippen molar-refractivity contribution in [3.63, 3.8) is 0 Å². The molecule has 1 aliphatic carbocycles. The van der Waals surface area contributed by atoms with E-state index in [1.807, 2.05) is 0 Å². The molecule has 1 aromatic heterocycles. The van der Waals surface area contributed by atoms with Crippen LogP contribution >= 0.6 is 0 Å². The SMILES string of the molecule is Cc1nc(C2(NC(=O)CN3CCCCCC3=O)CCCCC2)no1. The van der Waals surface area contributed by atoms with Gasteiger partial charge >= 0.3 is 0 Å². The normalized spacial score (nSPS) is 21.4. The number of rotatable bonds is 4. The van der Waals surface area contributed by atoms with Gasteiger partial charge < -0.3 is 14.7 Å². The number of aromatic nitrogens is 2. The maximum Gasteiger partial charge on any atom is 0.240 e. The molecule has 1 saturated carbocycles. The van der Waals surface area contributed by atoms with Crippen molar-refractivity contribution < 1.29 is 14.1 Å².